The number of imidazole rings is 1. The normalized spacial score (nSPS) is 10.6. The number of nitrogen functional groups attached to an aromatic ring is 1. The zero-order valence-corrected chi connectivity index (χ0v) is 11.4. The van der Waals surface area contributed by atoms with Gasteiger partial charge in [-0.2, -0.15) is 0 Å². The second kappa shape index (κ2) is 5.73. The smallest absolute Gasteiger partial charge is 0.341 e. The van der Waals surface area contributed by atoms with Crippen molar-refractivity contribution in [2.24, 2.45) is 0 Å². The van der Waals surface area contributed by atoms with Gasteiger partial charge in [0.05, 0.1) is 12.1 Å². The Morgan fingerprint density at radius 1 is 1.45 bits per heavy atom. The summed E-state index contributed by atoms with van der Waals surface area (Å²) in [5.74, 6) is -0.481. The Balaban J connectivity index is 2.01. The van der Waals surface area contributed by atoms with Crippen molar-refractivity contribution < 1.29 is 13.9 Å². The van der Waals surface area contributed by atoms with Crippen LogP contribution in [0.1, 0.15) is 21.7 Å². The van der Waals surface area contributed by atoms with Gasteiger partial charge in [0.15, 0.2) is 0 Å². The fraction of sp³-hybridized carbons (Fsp3) is 0.286. The zero-order valence-electron chi connectivity index (χ0n) is 11.4. The molecule has 2 N–H and O–H groups in total. The first-order valence-corrected chi connectivity index (χ1v) is 6.19. The van der Waals surface area contributed by atoms with Crippen LogP contribution in [0.4, 0.5) is 10.1 Å². The monoisotopic (exact) mass is 277 g/mol. The molecule has 6 heteroatoms. The fourth-order valence-corrected chi connectivity index (χ4v) is 1.90. The molecule has 0 saturated heterocycles. The summed E-state index contributed by atoms with van der Waals surface area (Å²) in [7, 11) is 0. The summed E-state index contributed by atoms with van der Waals surface area (Å²) < 4.78 is 20.7. The van der Waals surface area contributed by atoms with Crippen molar-refractivity contribution in [2.75, 3.05) is 12.3 Å². The molecule has 0 aliphatic carbocycles. The van der Waals surface area contributed by atoms with Gasteiger partial charge < -0.3 is 15.0 Å². The van der Waals surface area contributed by atoms with Crippen molar-refractivity contribution in [1.29, 1.82) is 0 Å². The van der Waals surface area contributed by atoms with Crippen molar-refractivity contribution >= 4 is 11.7 Å². The molecule has 0 fully saturated rings. The first kappa shape index (κ1) is 14.0. The number of hydrogen-bond acceptors (Lipinski definition) is 4. The number of halogens is 1. The van der Waals surface area contributed by atoms with Crippen LogP contribution in [0.3, 0.4) is 0 Å². The molecular formula is C14H16FN3O2. The fourth-order valence-electron chi connectivity index (χ4n) is 1.90. The summed E-state index contributed by atoms with van der Waals surface area (Å²) >= 11 is 0. The van der Waals surface area contributed by atoms with E-state index < -0.39 is 11.8 Å². The minimum atomic E-state index is -0.712. The van der Waals surface area contributed by atoms with Gasteiger partial charge in [-0.15, -0.1) is 0 Å². The number of carbonyl (C=O) groups is 1. The van der Waals surface area contributed by atoms with Gasteiger partial charge in [0.25, 0.3) is 0 Å². The van der Waals surface area contributed by atoms with Gasteiger partial charge in [-0.25, -0.2) is 14.2 Å². The number of aromatic nitrogens is 2. The molecule has 1 heterocycles. The molecule has 2 rings (SSSR count). The van der Waals surface area contributed by atoms with E-state index in [4.69, 9.17) is 10.5 Å². The number of nitrogens with zero attached hydrogens (tertiary/aromatic N) is 2. The highest BCUT2D eigenvalue weighted by Gasteiger charge is 2.16. The minimum absolute atomic E-state index is 0.134. The molecule has 0 spiro atoms. The van der Waals surface area contributed by atoms with Gasteiger partial charge in [-0.05, 0) is 31.5 Å². The second-order valence-corrected chi connectivity index (χ2v) is 4.50. The molecule has 1 aromatic heterocycles. The lowest BCUT2D eigenvalue weighted by Gasteiger charge is -2.09. The molecule has 0 amide bonds. The molecule has 0 aliphatic heterocycles. The van der Waals surface area contributed by atoms with Crippen LogP contribution in [-0.2, 0) is 11.3 Å². The van der Waals surface area contributed by atoms with E-state index in [2.05, 4.69) is 4.98 Å². The van der Waals surface area contributed by atoms with E-state index in [9.17, 15) is 9.18 Å². The zero-order chi connectivity index (χ0) is 14.7. The molecule has 1 aromatic carbocycles. The average Bonchev–Trinajstić information content (AvgIpc) is 2.79. The van der Waals surface area contributed by atoms with E-state index >= 15 is 0 Å². The number of carbonyl (C=O) groups excluding carboxylic acids is 1. The Kier molecular flexibility index (Phi) is 4.02. The summed E-state index contributed by atoms with van der Waals surface area (Å²) in [6.07, 6.45) is 3.45. The third-order valence-corrected chi connectivity index (χ3v) is 2.99. The number of hydrogen-bond donors (Lipinski definition) is 1. The van der Waals surface area contributed by atoms with Crippen LogP contribution in [0.5, 0.6) is 0 Å². The topological polar surface area (TPSA) is 70.1 Å². The third-order valence-electron chi connectivity index (χ3n) is 2.99. The van der Waals surface area contributed by atoms with Crippen molar-refractivity contribution in [3.63, 3.8) is 0 Å². The van der Waals surface area contributed by atoms with Gasteiger partial charge >= 0.3 is 5.97 Å². The van der Waals surface area contributed by atoms with Gasteiger partial charge in [0.1, 0.15) is 18.2 Å². The molecule has 0 atom stereocenters. The molecule has 2 aromatic rings. The quantitative estimate of drug-likeness (QED) is 0.686. The van der Waals surface area contributed by atoms with Crippen LogP contribution < -0.4 is 5.73 Å². The summed E-state index contributed by atoms with van der Waals surface area (Å²) in [5, 5.41) is 0. The first-order valence-electron chi connectivity index (χ1n) is 6.19. The van der Waals surface area contributed by atoms with Crippen LogP contribution >= 0.6 is 0 Å². The Hall–Kier alpha value is -2.37. The van der Waals surface area contributed by atoms with E-state index in [0.29, 0.717) is 17.8 Å². The molecule has 5 nitrogen and oxygen atoms in total. The molecule has 0 radical (unpaired) electrons. The predicted octanol–water partition coefficient (Wildman–Crippen LogP) is 2.08. The summed E-state index contributed by atoms with van der Waals surface area (Å²) in [4.78, 5) is 15.9. The molecule has 0 aliphatic rings. The SMILES string of the molecule is Cc1cc(N)cc(C(=O)OCCn2ccnc2C)c1F. The maximum Gasteiger partial charge on any atom is 0.341 e. The van der Waals surface area contributed by atoms with E-state index in [1.165, 1.54) is 12.1 Å². The highest BCUT2D eigenvalue weighted by Crippen LogP contribution is 2.18. The van der Waals surface area contributed by atoms with Gasteiger partial charge in [-0.1, -0.05) is 0 Å². The lowest BCUT2D eigenvalue weighted by atomic mass is 10.1. The molecule has 106 valence electrons. The molecule has 0 saturated carbocycles. The standard InChI is InChI=1S/C14H16FN3O2/c1-9-7-11(16)8-12(13(9)15)14(19)20-6-5-18-4-3-17-10(18)2/h3-4,7-8H,5-6,16H2,1-2H3. The number of ether oxygens (including phenoxy) is 1. The largest absolute Gasteiger partial charge is 0.460 e. The van der Waals surface area contributed by atoms with E-state index in [1.54, 1.807) is 19.3 Å². The van der Waals surface area contributed by atoms with Crippen molar-refractivity contribution in [2.45, 2.75) is 20.4 Å². The van der Waals surface area contributed by atoms with Crippen molar-refractivity contribution in [3.05, 3.63) is 47.3 Å². The van der Waals surface area contributed by atoms with Crippen molar-refractivity contribution in [1.82, 2.24) is 9.55 Å². The van der Waals surface area contributed by atoms with Gasteiger partial charge in [0, 0.05) is 18.1 Å². The second-order valence-electron chi connectivity index (χ2n) is 4.50. The minimum Gasteiger partial charge on any atom is -0.460 e. The summed E-state index contributed by atoms with van der Waals surface area (Å²) in [6, 6.07) is 2.76. The Labute approximate surface area is 116 Å². The Bertz CT molecular complexity index is 637. The van der Waals surface area contributed by atoms with Gasteiger partial charge in [-0.3, -0.25) is 0 Å². The molecule has 20 heavy (non-hydrogen) atoms. The Morgan fingerprint density at radius 2 is 2.20 bits per heavy atom. The van der Waals surface area contributed by atoms with Crippen LogP contribution in [0.2, 0.25) is 0 Å². The highest BCUT2D eigenvalue weighted by molar-refractivity contribution is 5.91. The molecule has 0 unspecified atom stereocenters. The predicted molar refractivity (Wildman–Crippen MR) is 72.8 cm³/mol. The summed E-state index contributed by atoms with van der Waals surface area (Å²) in [6.45, 7) is 4.02. The lowest BCUT2D eigenvalue weighted by molar-refractivity contribution is 0.0485. The summed E-state index contributed by atoms with van der Waals surface area (Å²) in [5.41, 5.74) is 6.13. The van der Waals surface area contributed by atoms with E-state index in [1.807, 2.05) is 11.5 Å². The number of rotatable bonds is 4. The van der Waals surface area contributed by atoms with Crippen LogP contribution in [0.25, 0.3) is 0 Å². The number of aryl methyl sites for hydroxylation is 2. The number of benzene rings is 1. The van der Waals surface area contributed by atoms with Crippen LogP contribution in [-0.4, -0.2) is 22.1 Å². The maximum atomic E-state index is 13.8. The average molecular weight is 277 g/mol. The maximum absolute atomic E-state index is 13.8. The number of nitrogens with two attached hydrogens (primary N) is 1. The van der Waals surface area contributed by atoms with E-state index in [0.717, 1.165) is 5.82 Å². The highest BCUT2D eigenvalue weighted by atomic mass is 19.1. The number of anilines is 1. The van der Waals surface area contributed by atoms with Crippen LogP contribution in [0, 0.1) is 19.7 Å². The molecule has 0 bridgehead atoms. The lowest BCUT2D eigenvalue weighted by Crippen LogP contribution is -2.14. The van der Waals surface area contributed by atoms with Gasteiger partial charge in [0.2, 0.25) is 0 Å². The number of esters is 1. The van der Waals surface area contributed by atoms with Crippen LogP contribution in [0.15, 0.2) is 24.5 Å². The molecular weight excluding hydrogens is 261 g/mol. The van der Waals surface area contributed by atoms with Crippen molar-refractivity contribution in [3.8, 4) is 0 Å². The first-order chi connectivity index (χ1) is 9.49. The van der Waals surface area contributed by atoms with E-state index in [-0.39, 0.29) is 12.2 Å². The Morgan fingerprint density at radius 3 is 2.85 bits per heavy atom. The third kappa shape index (κ3) is 2.96.